The maximum absolute atomic E-state index is 13.2. The summed E-state index contributed by atoms with van der Waals surface area (Å²) in [5.41, 5.74) is 3.57. The Kier molecular flexibility index (Phi) is 5.80. The quantitative estimate of drug-likeness (QED) is 0.648. The third-order valence-corrected chi connectivity index (χ3v) is 7.80. The van der Waals surface area contributed by atoms with Crippen LogP contribution in [0, 0.1) is 11.8 Å². The first-order valence-electron chi connectivity index (χ1n) is 12.1. The van der Waals surface area contributed by atoms with E-state index in [9.17, 15) is 19.5 Å². The number of rotatable bonds is 7. The van der Waals surface area contributed by atoms with E-state index in [1.807, 2.05) is 31.2 Å². The van der Waals surface area contributed by atoms with E-state index in [1.54, 1.807) is 4.90 Å². The van der Waals surface area contributed by atoms with Crippen molar-refractivity contribution in [1.29, 1.82) is 0 Å². The molecule has 2 aromatic carbocycles. The average molecular weight is 463 g/mol. The zero-order chi connectivity index (χ0) is 23.9. The molecule has 3 aliphatic rings. The standard InChI is InChI=1S/C27H30N2O5/c1-2-17(24(30)29-13-7-8-18-14-27(18,29)25(31)32)15-28-26(33)34-16-23-21-11-5-3-9-19(21)20-10-4-6-12-22(20)23/h3-6,9-12,17-18,23H,2,7-8,13-16H2,1H3,(H,28,33)(H,31,32). The van der Waals surface area contributed by atoms with Crippen LogP contribution in [0.4, 0.5) is 4.79 Å². The Bertz CT molecular complexity index is 1090. The van der Waals surface area contributed by atoms with Gasteiger partial charge in [0.15, 0.2) is 0 Å². The minimum atomic E-state index is -1.04. The van der Waals surface area contributed by atoms with Crippen LogP contribution in [-0.4, -0.2) is 53.2 Å². The van der Waals surface area contributed by atoms with E-state index in [4.69, 9.17) is 4.74 Å². The van der Waals surface area contributed by atoms with Crippen LogP contribution in [-0.2, 0) is 14.3 Å². The monoisotopic (exact) mass is 462 g/mol. The molecule has 7 heteroatoms. The molecule has 5 rings (SSSR count). The van der Waals surface area contributed by atoms with Crippen molar-refractivity contribution in [2.75, 3.05) is 19.7 Å². The first-order valence-corrected chi connectivity index (χ1v) is 12.1. The van der Waals surface area contributed by atoms with Gasteiger partial charge in [0.05, 0.1) is 5.92 Å². The lowest BCUT2D eigenvalue weighted by Crippen LogP contribution is -2.54. The van der Waals surface area contributed by atoms with Crippen LogP contribution in [0.1, 0.15) is 49.7 Å². The number of carbonyl (C=O) groups is 3. The van der Waals surface area contributed by atoms with Crippen molar-refractivity contribution in [1.82, 2.24) is 10.2 Å². The number of alkyl carbamates (subject to hydrolysis) is 1. The Balaban J connectivity index is 1.19. The number of carboxylic acid groups (broad SMARTS) is 1. The highest BCUT2D eigenvalue weighted by Gasteiger charge is 2.67. The van der Waals surface area contributed by atoms with Crippen molar-refractivity contribution in [3.8, 4) is 11.1 Å². The van der Waals surface area contributed by atoms with Crippen molar-refractivity contribution >= 4 is 18.0 Å². The number of nitrogens with one attached hydrogen (secondary N) is 1. The highest BCUT2D eigenvalue weighted by Crippen LogP contribution is 2.54. The summed E-state index contributed by atoms with van der Waals surface area (Å²) < 4.78 is 5.58. The molecule has 0 spiro atoms. The van der Waals surface area contributed by atoms with Gasteiger partial charge in [0.2, 0.25) is 5.91 Å². The molecule has 2 amide bonds. The largest absolute Gasteiger partial charge is 0.479 e. The number of fused-ring (bicyclic) bond motifs is 4. The number of likely N-dealkylation sites (tertiary alicyclic amines) is 1. The molecule has 0 bridgehead atoms. The lowest BCUT2D eigenvalue weighted by atomic mass is 9.97. The van der Waals surface area contributed by atoms with E-state index in [0.717, 1.165) is 35.1 Å². The SMILES string of the molecule is CCC(CNC(=O)OCC1c2ccccc2-c2ccccc21)C(=O)N1CCCC2CC21C(=O)O. The molecule has 1 saturated heterocycles. The van der Waals surface area contributed by atoms with Crippen LogP contribution >= 0.6 is 0 Å². The minimum Gasteiger partial charge on any atom is -0.479 e. The molecule has 2 aliphatic carbocycles. The number of hydrogen-bond acceptors (Lipinski definition) is 4. The fraction of sp³-hybridized carbons (Fsp3) is 0.444. The van der Waals surface area contributed by atoms with Crippen molar-refractivity contribution in [3.63, 3.8) is 0 Å². The molecule has 1 heterocycles. The fourth-order valence-electron chi connectivity index (χ4n) is 5.85. The second kappa shape index (κ2) is 8.78. The van der Waals surface area contributed by atoms with Crippen molar-refractivity contribution in [3.05, 3.63) is 59.7 Å². The number of ether oxygens (including phenoxy) is 1. The maximum atomic E-state index is 13.2. The van der Waals surface area contributed by atoms with Gasteiger partial charge in [-0.3, -0.25) is 4.79 Å². The summed E-state index contributed by atoms with van der Waals surface area (Å²) in [6.45, 7) is 2.68. The third-order valence-electron chi connectivity index (χ3n) is 7.80. The number of benzene rings is 2. The van der Waals surface area contributed by atoms with E-state index in [-0.39, 0.29) is 30.9 Å². The number of carbonyl (C=O) groups excluding carboxylic acids is 2. The number of nitrogens with zero attached hydrogens (tertiary/aromatic N) is 1. The summed E-state index contributed by atoms with van der Waals surface area (Å²) >= 11 is 0. The van der Waals surface area contributed by atoms with Crippen molar-refractivity contribution in [2.45, 2.75) is 44.1 Å². The van der Waals surface area contributed by atoms with Gasteiger partial charge in [0.1, 0.15) is 12.1 Å². The molecule has 34 heavy (non-hydrogen) atoms. The van der Waals surface area contributed by atoms with Gasteiger partial charge in [-0.25, -0.2) is 9.59 Å². The molecule has 178 valence electrons. The normalized spacial score (nSPS) is 23.3. The lowest BCUT2D eigenvalue weighted by molar-refractivity contribution is -0.156. The smallest absolute Gasteiger partial charge is 0.407 e. The molecule has 1 aliphatic heterocycles. The van der Waals surface area contributed by atoms with Crippen LogP contribution in [0.5, 0.6) is 0 Å². The van der Waals surface area contributed by atoms with Gasteiger partial charge in [-0.05, 0) is 53.9 Å². The highest BCUT2D eigenvalue weighted by molar-refractivity contribution is 5.91. The topological polar surface area (TPSA) is 95.9 Å². The van der Waals surface area contributed by atoms with Crippen LogP contribution < -0.4 is 5.32 Å². The predicted molar refractivity (Wildman–Crippen MR) is 126 cm³/mol. The van der Waals surface area contributed by atoms with Crippen molar-refractivity contribution in [2.24, 2.45) is 11.8 Å². The molecule has 2 N–H and O–H groups in total. The minimum absolute atomic E-state index is 0.0303. The summed E-state index contributed by atoms with van der Waals surface area (Å²) in [6, 6.07) is 16.3. The molecule has 2 fully saturated rings. The molecule has 7 nitrogen and oxygen atoms in total. The van der Waals surface area contributed by atoms with Gasteiger partial charge in [-0.1, -0.05) is 55.5 Å². The highest BCUT2D eigenvalue weighted by atomic mass is 16.5. The molecule has 3 atom stereocenters. The van der Waals surface area contributed by atoms with E-state index in [1.165, 1.54) is 0 Å². The first kappa shape index (κ1) is 22.4. The fourth-order valence-corrected chi connectivity index (χ4v) is 5.85. The molecule has 3 unspecified atom stereocenters. The average Bonchev–Trinajstić information content (AvgIpc) is 3.54. The Hall–Kier alpha value is -3.35. The number of aliphatic carboxylic acids is 1. The number of carboxylic acids is 1. The van der Waals surface area contributed by atoms with Gasteiger partial charge in [0.25, 0.3) is 0 Å². The van der Waals surface area contributed by atoms with Crippen molar-refractivity contribution < 1.29 is 24.2 Å². The van der Waals surface area contributed by atoms with E-state index in [0.29, 0.717) is 19.4 Å². The van der Waals surface area contributed by atoms with Crippen LogP contribution in [0.2, 0.25) is 0 Å². The van der Waals surface area contributed by atoms with Crippen LogP contribution in [0.3, 0.4) is 0 Å². The predicted octanol–water partition coefficient (Wildman–Crippen LogP) is 4.02. The van der Waals surface area contributed by atoms with Crippen LogP contribution in [0.25, 0.3) is 11.1 Å². The van der Waals surface area contributed by atoms with Gasteiger partial charge in [0, 0.05) is 19.0 Å². The first-order chi connectivity index (χ1) is 16.5. The number of amides is 2. The third kappa shape index (κ3) is 3.63. The second-order valence-electron chi connectivity index (χ2n) is 9.57. The summed E-state index contributed by atoms with van der Waals surface area (Å²) in [6.07, 6.45) is 2.15. The zero-order valence-electron chi connectivity index (χ0n) is 19.3. The molecular formula is C27H30N2O5. The number of piperidine rings is 1. The number of hydrogen-bond donors (Lipinski definition) is 2. The summed E-state index contributed by atoms with van der Waals surface area (Å²) in [7, 11) is 0. The van der Waals surface area contributed by atoms with Crippen LogP contribution in [0.15, 0.2) is 48.5 Å². The van der Waals surface area contributed by atoms with E-state index >= 15 is 0 Å². The Morgan fingerprint density at radius 1 is 1.12 bits per heavy atom. The van der Waals surface area contributed by atoms with E-state index < -0.39 is 23.5 Å². The molecule has 0 radical (unpaired) electrons. The molecule has 1 saturated carbocycles. The molecular weight excluding hydrogens is 432 g/mol. The second-order valence-corrected chi connectivity index (χ2v) is 9.57. The molecule has 0 aromatic heterocycles. The summed E-state index contributed by atoms with van der Waals surface area (Å²) in [4.78, 5) is 39.2. The van der Waals surface area contributed by atoms with Gasteiger partial charge < -0.3 is 20.1 Å². The Labute approximate surface area is 199 Å². The molecule has 2 aromatic rings. The lowest BCUT2D eigenvalue weighted by Gasteiger charge is -2.36. The van der Waals surface area contributed by atoms with E-state index in [2.05, 4.69) is 29.6 Å². The maximum Gasteiger partial charge on any atom is 0.407 e. The summed E-state index contributed by atoms with van der Waals surface area (Å²) in [5, 5.41) is 12.5. The van der Waals surface area contributed by atoms with Gasteiger partial charge >= 0.3 is 12.1 Å². The summed E-state index contributed by atoms with van der Waals surface area (Å²) in [5.74, 6) is -1.56. The van der Waals surface area contributed by atoms with Gasteiger partial charge in [-0.2, -0.15) is 0 Å². The Morgan fingerprint density at radius 3 is 2.38 bits per heavy atom. The van der Waals surface area contributed by atoms with Gasteiger partial charge in [-0.15, -0.1) is 0 Å². The Morgan fingerprint density at radius 2 is 1.76 bits per heavy atom. The zero-order valence-corrected chi connectivity index (χ0v) is 19.3.